The molecule has 1 fully saturated rings. The Hall–Kier alpha value is -3.32. The molecule has 1 saturated carbocycles. The number of benzene rings is 3. The summed E-state index contributed by atoms with van der Waals surface area (Å²) in [7, 11) is 0. The molecule has 1 atom stereocenters. The van der Waals surface area contributed by atoms with Crippen LogP contribution in [0.25, 0.3) is 11.1 Å². The molecule has 1 unspecified atom stereocenters. The summed E-state index contributed by atoms with van der Waals surface area (Å²) in [6.45, 7) is 5.23. The van der Waals surface area contributed by atoms with E-state index in [1.165, 1.54) is 18.2 Å². The van der Waals surface area contributed by atoms with Gasteiger partial charge in [0.2, 0.25) is 11.6 Å². The molecule has 4 rings (SSSR count). The Balaban J connectivity index is 1.42. The largest absolute Gasteiger partial charge is 0.486 e. The first-order chi connectivity index (χ1) is 17.8. The smallest absolute Gasteiger partial charge is 0.204 e. The molecule has 3 aromatic carbocycles. The van der Waals surface area contributed by atoms with Crippen LogP contribution in [0.2, 0.25) is 0 Å². The summed E-state index contributed by atoms with van der Waals surface area (Å²) in [5.74, 6) is -4.38. The summed E-state index contributed by atoms with van der Waals surface area (Å²) < 4.78 is 68.9. The fraction of sp³-hybridized carbons (Fsp3) is 0.333. The molecule has 3 aromatic rings. The van der Waals surface area contributed by atoms with Crippen molar-refractivity contribution in [1.29, 1.82) is 0 Å². The number of aliphatic hydroxyl groups excluding tert-OH is 1. The molecule has 0 aromatic heterocycles. The van der Waals surface area contributed by atoms with Crippen LogP contribution in [0.3, 0.4) is 0 Å². The second kappa shape index (κ2) is 11.8. The van der Waals surface area contributed by atoms with E-state index in [0.29, 0.717) is 16.7 Å². The third kappa shape index (κ3) is 5.99. The molecule has 0 amide bonds. The summed E-state index contributed by atoms with van der Waals surface area (Å²) in [5, 5.41) is 9.78. The van der Waals surface area contributed by atoms with E-state index < -0.39 is 23.3 Å². The predicted molar refractivity (Wildman–Crippen MR) is 135 cm³/mol. The van der Waals surface area contributed by atoms with E-state index in [4.69, 9.17) is 9.47 Å². The van der Waals surface area contributed by atoms with Gasteiger partial charge in [0.25, 0.3) is 0 Å². The molecular formula is C30H30F4O3. The average molecular weight is 515 g/mol. The lowest BCUT2D eigenvalue weighted by molar-refractivity contribution is 0.0964. The maximum absolute atomic E-state index is 15.0. The van der Waals surface area contributed by atoms with Gasteiger partial charge < -0.3 is 14.6 Å². The highest BCUT2D eigenvalue weighted by atomic mass is 19.2. The van der Waals surface area contributed by atoms with E-state index in [1.807, 2.05) is 0 Å². The van der Waals surface area contributed by atoms with Crippen molar-refractivity contribution in [3.63, 3.8) is 0 Å². The van der Waals surface area contributed by atoms with Gasteiger partial charge in [0.15, 0.2) is 23.1 Å². The molecule has 196 valence electrons. The van der Waals surface area contributed by atoms with E-state index in [0.717, 1.165) is 25.7 Å². The third-order valence-corrected chi connectivity index (χ3v) is 7.03. The van der Waals surface area contributed by atoms with Crippen LogP contribution in [0.5, 0.6) is 11.5 Å². The highest BCUT2D eigenvalue weighted by Crippen LogP contribution is 2.40. The Morgan fingerprint density at radius 2 is 1.46 bits per heavy atom. The molecule has 0 spiro atoms. The molecule has 1 aliphatic rings. The van der Waals surface area contributed by atoms with Crippen molar-refractivity contribution in [1.82, 2.24) is 0 Å². The normalized spacial score (nSPS) is 18.3. The minimum atomic E-state index is -1.16. The fourth-order valence-corrected chi connectivity index (χ4v) is 4.84. The van der Waals surface area contributed by atoms with E-state index in [2.05, 4.69) is 6.58 Å². The molecule has 0 saturated heterocycles. The zero-order valence-corrected chi connectivity index (χ0v) is 20.7. The summed E-state index contributed by atoms with van der Waals surface area (Å²) in [6, 6.07) is 12.4. The van der Waals surface area contributed by atoms with Crippen molar-refractivity contribution in [3.05, 3.63) is 95.6 Å². The Morgan fingerprint density at radius 3 is 2.05 bits per heavy atom. The lowest BCUT2D eigenvalue weighted by Crippen LogP contribution is -2.23. The Morgan fingerprint density at radius 1 is 0.838 bits per heavy atom. The van der Waals surface area contributed by atoms with E-state index >= 15 is 8.78 Å². The standard InChI is InChI=1S/C30H30F4O3/c1-3-16-36-25-14-15-26(30(34)29(25)33)37-17-19-4-6-21(7-5-19)23-12-13-24(28(32)27(23)31)22-10-8-20(9-11-22)18(2)35/h3-7,12-15,18,20,22,35H,1,8-11,16-17H2,2H3. The van der Waals surface area contributed by atoms with Gasteiger partial charge in [-0.15, -0.1) is 0 Å². The number of hydrogen-bond acceptors (Lipinski definition) is 3. The van der Waals surface area contributed by atoms with Crippen LogP contribution in [-0.4, -0.2) is 17.8 Å². The first kappa shape index (κ1) is 26.7. The quantitative estimate of drug-likeness (QED) is 0.235. The van der Waals surface area contributed by atoms with Crippen molar-refractivity contribution in [2.45, 2.75) is 51.2 Å². The first-order valence-electron chi connectivity index (χ1n) is 12.4. The highest BCUT2D eigenvalue weighted by molar-refractivity contribution is 5.65. The maximum Gasteiger partial charge on any atom is 0.204 e. The van der Waals surface area contributed by atoms with Crippen LogP contribution in [0.1, 0.15) is 49.7 Å². The van der Waals surface area contributed by atoms with Crippen molar-refractivity contribution in [2.24, 2.45) is 5.92 Å². The molecule has 0 bridgehead atoms. The minimum absolute atomic E-state index is 0.0428. The van der Waals surface area contributed by atoms with Crippen LogP contribution in [0, 0.1) is 29.2 Å². The summed E-state index contributed by atoms with van der Waals surface area (Å²) in [5.41, 5.74) is 1.66. The number of ether oxygens (including phenoxy) is 2. The van der Waals surface area contributed by atoms with Gasteiger partial charge in [-0.2, -0.15) is 8.78 Å². The van der Waals surface area contributed by atoms with E-state index in [-0.39, 0.29) is 48.2 Å². The monoisotopic (exact) mass is 514 g/mol. The lowest BCUT2D eigenvalue weighted by atomic mass is 9.76. The second-order valence-electron chi connectivity index (χ2n) is 9.46. The zero-order valence-electron chi connectivity index (χ0n) is 20.7. The summed E-state index contributed by atoms with van der Waals surface area (Å²) in [4.78, 5) is 0. The Bertz CT molecular complexity index is 1230. The number of halogens is 4. The van der Waals surface area contributed by atoms with Crippen LogP contribution >= 0.6 is 0 Å². The molecule has 3 nitrogen and oxygen atoms in total. The average Bonchev–Trinajstić information content (AvgIpc) is 2.91. The molecule has 1 aliphatic carbocycles. The van der Waals surface area contributed by atoms with E-state index in [9.17, 15) is 13.9 Å². The minimum Gasteiger partial charge on any atom is -0.486 e. The molecule has 0 heterocycles. The van der Waals surface area contributed by atoms with Gasteiger partial charge in [0.05, 0.1) is 6.10 Å². The van der Waals surface area contributed by atoms with Gasteiger partial charge in [0, 0.05) is 5.56 Å². The predicted octanol–water partition coefficient (Wildman–Crippen LogP) is 7.71. The van der Waals surface area contributed by atoms with Gasteiger partial charge in [-0.1, -0.05) is 49.1 Å². The van der Waals surface area contributed by atoms with Crippen LogP contribution in [-0.2, 0) is 6.61 Å². The number of aliphatic hydroxyl groups is 1. The molecule has 0 radical (unpaired) electrons. The van der Waals surface area contributed by atoms with Crippen LogP contribution in [0.15, 0.2) is 61.2 Å². The van der Waals surface area contributed by atoms with Crippen LogP contribution < -0.4 is 9.47 Å². The van der Waals surface area contributed by atoms with Crippen molar-refractivity contribution in [2.75, 3.05) is 6.61 Å². The van der Waals surface area contributed by atoms with Gasteiger partial charge in [-0.05, 0) is 73.3 Å². The molecule has 37 heavy (non-hydrogen) atoms. The third-order valence-electron chi connectivity index (χ3n) is 7.03. The van der Waals surface area contributed by atoms with Gasteiger partial charge >= 0.3 is 0 Å². The highest BCUT2D eigenvalue weighted by Gasteiger charge is 2.28. The van der Waals surface area contributed by atoms with Gasteiger partial charge in [-0.3, -0.25) is 0 Å². The lowest BCUT2D eigenvalue weighted by Gasteiger charge is -2.30. The van der Waals surface area contributed by atoms with Crippen LogP contribution in [0.4, 0.5) is 17.6 Å². The summed E-state index contributed by atoms with van der Waals surface area (Å²) in [6.07, 6.45) is 4.05. The van der Waals surface area contributed by atoms with Crippen molar-refractivity contribution in [3.8, 4) is 22.6 Å². The first-order valence-corrected chi connectivity index (χ1v) is 12.4. The SMILES string of the molecule is C=CCOc1ccc(OCc2ccc(-c3ccc(C4CCC(C(C)O)CC4)c(F)c3F)cc2)c(F)c1F. The summed E-state index contributed by atoms with van der Waals surface area (Å²) >= 11 is 0. The van der Waals surface area contributed by atoms with Gasteiger partial charge in [0.1, 0.15) is 13.2 Å². The Kier molecular flexibility index (Phi) is 8.54. The van der Waals surface area contributed by atoms with Crippen molar-refractivity contribution >= 4 is 0 Å². The number of hydrogen-bond donors (Lipinski definition) is 1. The topological polar surface area (TPSA) is 38.7 Å². The molecular weight excluding hydrogens is 484 g/mol. The molecule has 7 heteroatoms. The fourth-order valence-electron chi connectivity index (χ4n) is 4.84. The number of rotatable bonds is 9. The van der Waals surface area contributed by atoms with Crippen molar-refractivity contribution < 1.29 is 32.1 Å². The zero-order chi connectivity index (χ0) is 26.5. The maximum atomic E-state index is 15.0. The van der Waals surface area contributed by atoms with E-state index in [1.54, 1.807) is 43.3 Å². The molecule has 1 N–H and O–H groups in total. The second-order valence-corrected chi connectivity index (χ2v) is 9.46. The van der Waals surface area contributed by atoms with Gasteiger partial charge in [-0.25, -0.2) is 8.78 Å². The Labute approximate surface area is 214 Å². The molecule has 0 aliphatic heterocycles.